The lowest BCUT2D eigenvalue weighted by Gasteiger charge is -2.25. The number of carbonyl (C=O) groups excluding carboxylic acids is 3. The van der Waals surface area contributed by atoms with Crippen molar-refractivity contribution < 1.29 is 24.6 Å². The maximum Gasteiger partial charge on any atom is 0.251 e. The second-order valence-electron chi connectivity index (χ2n) is 6.49. The van der Waals surface area contributed by atoms with E-state index in [1.807, 2.05) is 38.1 Å². The first-order valence-electron chi connectivity index (χ1n) is 10.9. The fourth-order valence-electron chi connectivity index (χ4n) is 3.08. The Kier molecular flexibility index (Phi) is 22.0. The van der Waals surface area contributed by atoms with Crippen LogP contribution in [0, 0.1) is 0 Å². The molecule has 0 spiro atoms. The van der Waals surface area contributed by atoms with Gasteiger partial charge >= 0.3 is 0 Å². The molecule has 3 N–H and O–H groups in total. The van der Waals surface area contributed by atoms with E-state index >= 15 is 0 Å². The Balaban J connectivity index is 0. The smallest absolute Gasteiger partial charge is 0.251 e. The van der Waals surface area contributed by atoms with Gasteiger partial charge in [-0.05, 0) is 17.7 Å². The molecule has 1 amide bonds. The van der Waals surface area contributed by atoms with Crippen LogP contribution in [-0.2, 0) is 16.1 Å². The van der Waals surface area contributed by atoms with Gasteiger partial charge in [0.1, 0.15) is 12.6 Å². The molecule has 0 bridgehead atoms. The third kappa shape index (κ3) is 13.3. The van der Waals surface area contributed by atoms with E-state index in [0.29, 0.717) is 18.7 Å². The van der Waals surface area contributed by atoms with Crippen LogP contribution in [-0.4, -0.2) is 117 Å². The summed E-state index contributed by atoms with van der Waals surface area (Å²) in [6.45, 7) is 10.6. The van der Waals surface area contributed by atoms with Crippen molar-refractivity contribution in [3.63, 3.8) is 0 Å². The van der Waals surface area contributed by atoms with E-state index in [1.165, 1.54) is 0 Å². The number of aliphatic hydroxyl groups is 2. The van der Waals surface area contributed by atoms with E-state index in [0.717, 1.165) is 78.2 Å². The molecule has 0 unspecified atom stereocenters. The summed E-state index contributed by atoms with van der Waals surface area (Å²) in [7, 11) is 3.62. The quantitative estimate of drug-likeness (QED) is 0.498. The summed E-state index contributed by atoms with van der Waals surface area (Å²) in [5.74, 6) is -0.0895. The molecular formula is C23H42N4O5. The summed E-state index contributed by atoms with van der Waals surface area (Å²) in [4.78, 5) is 40.0. The summed E-state index contributed by atoms with van der Waals surface area (Å²) in [6, 6.07) is 7.62. The van der Waals surface area contributed by atoms with Crippen molar-refractivity contribution in [1.29, 1.82) is 0 Å². The van der Waals surface area contributed by atoms with Crippen LogP contribution in [0.5, 0.6) is 0 Å². The van der Waals surface area contributed by atoms with E-state index in [1.54, 1.807) is 7.05 Å². The van der Waals surface area contributed by atoms with Crippen LogP contribution in [0.2, 0.25) is 0 Å². The molecule has 184 valence electrons. The monoisotopic (exact) mass is 454 g/mol. The standard InChI is InChI=1S/C19H28N4O3.C2H6.2CH4O/c1-20-19(26)18-4-2-17(3-5-18)16-23-10-8-21(12-14-24)6-7-22(9-11-23)13-15-25;3*1-2/h2-5,14-15H,6-13,16H2,1H3,(H,20,26);1-2H3;2*2H,1H3. The lowest BCUT2D eigenvalue weighted by Crippen LogP contribution is -2.37. The minimum Gasteiger partial charge on any atom is -0.400 e. The average Bonchev–Trinajstić information content (AvgIpc) is 2.95. The van der Waals surface area contributed by atoms with Gasteiger partial charge in [-0.25, -0.2) is 0 Å². The SMILES string of the molecule is CC.CNC(=O)c1ccc(CN2CCN(CC=O)CCN(CC=O)CC2)cc1.CO.CO. The van der Waals surface area contributed by atoms with Crippen LogP contribution in [0.4, 0.5) is 0 Å². The minimum atomic E-state index is -0.0895. The van der Waals surface area contributed by atoms with Gasteiger partial charge in [0.15, 0.2) is 0 Å². The zero-order valence-electron chi connectivity index (χ0n) is 20.3. The Morgan fingerprint density at radius 2 is 1.19 bits per heavy atom. The van der Waals surface area contributed by atoms with Gasteiger partial charge < -0.3 is 25.1 Å². The highest BCUT2D eigenvalue weighted by Gasteiger charge is 2.16. The van der Waals surface area contributed by atoms with Crippen molar-refractivity contribution in [1.82, 2.24) is 20.0 Å². The summed E-state index contributed by atoms with van der Waals surface area (Å²) in [6.07, 6.45) is 1.87. The molecule has 1 aromatic rings. The molecule has 1 fully saturated rings. The highest BCUT2D eigenvalue weighted by Crippen LogP contribution is 2.09. The molecule has 1 aromatic carbocycles. The van der Waals surface area contributed by atoms with Gasteiger partial charge in [0.2, 0.25) is 0 Å². The molecule has 0 radical (unpaired) electrons. The molecule has 1 saturated heterocycles. The van der Waals surface area contributed by atoms with Gasteiger partial charge in [-0.2, -0.15) is 0 Å². The Morgan fingerprint density at radius 3 is 1.53 bits per heavy atom. The number of hydrogen-bond acceptors (Lipinski definition) is 8. The molecule has 0 aromatic heterocycles. The number of amides is 1. The van der Waals surface area contributed by atoms with Crippen LogP contribution < -0.4 is 5.32 Å². The summed E-state index contributed by atoms with van der Waals surface area (Å²) < 4.78 is 0. The second-order valence-corrected chi connectivity index (χ2v) is 6.49. The van der Waals surface area contributed by atoms with Gasteiger partial charge in [-0.3, -0.25) is 19.5 Å². The van der Waals surface area contributed by atoms with Crippen molar-refractivity contribution in [2.24, 2.45) is 0 Å². The number of rotatable bonds is 7. The molecule has 32 heavy (non-hydrogen) atoms. The van der Waals surface area contributed by atoms with Gasteiger partial charge in [-0.1, -0.05) is 26.0 Å². The van der Waals surface area contributed by atoms with Crippen molar-refractivity contribution in [2.45, 2.75) is 20.4 Å². The lowest BCUT2D eigenvalue weighted by atomic mass is 10.1. The van der Waals surface area contributed by atoms with Crippen molar-refractivity contribution >= 4 is 18.5 Å². The van der Waals surface area contributed by atoms with Crippen molar-refractivity contribution in [3.8, 4) is 0 Å². The Bertz CT molecular complexity index is 577. The molecule has 1 heterocycles. The summed E-state index contributed by atoms with van der Waals surface area (Å²) >= 11 is 0. The van der Waals surface area contributed by atoms with E-state index in [-0.39, 0.29) is 5.91 Å². The normalized spacial score (nSPS) is 15.0. The first kappa shape index (κ1) is 32.0. The van der Waals surface area contributed by atoms with Crippen molar-refractivity contribution in [3.05, 3.63) is 35.4 Å². The van der Waals surface area contributed by atoms with E-state index in [4.69, 9.17) is 10.2 Å². The van der Waals surface area contributed by atoms with Crippen LogP contribution in [0.3, 0.4) is 0 Å². The number of aldehydes is 2. The second kappa shape index (κ2) is 22.0. The predicted molar refractivity (Wildman–Crippen MR) is 128 cm³/mol. The Hall–Kier alpha value is -2.17. The Morgan fingerprint density at radius 1 is 0.812 bits per heavy atom. The number of nitrogens with one attached hydrogen (secondary N) is 1. The zero-order valence-corrected chi connectivity index (χ0v) is 20.3. The summed E-state index contributed by atoms with van der Waals surface area (Å²) in [5.41, 5.74) is 1.79. The van der Waals surface area contributed by atoms with Crippen LogP contribution in [0.15, 0.2) is 24.3 Å². The fourth-order valence-corrected chi connectivity index (χ4v) is 3.08. The van der Waals surface area contributed by atoms with E-state index < -0.39 is 0 Å². The Labute approximate surface area is 193 Å². The van der Waals surface area contributed by atoms with Gasteiger partial charge in [0, 0.05) is 72.6 Å². The van der Waals surface area contributed by atoms with Gasteiger partial charge in [-0.15, -0.1) is 0 Å². The third-order valence-corrected chi connectivity index (χ3v) is 4.71. The summed E-state index contributed by atoms with van der Waals surface area (Å²) in [5, 5.41) is 16.6. The number of hydrogen-bond donors (Lipinski definition) is 3. The van der Waals surface area contributed by atoms with Crippen LogP contribution in [0.25, 0.3) is 0 Å². The fraction of sp³-hybridized carbons (Fsp3) is 0.609. The van der Waals surface area contributed by atoms with Crippen molar-refractivity contribution in [2.75, 3.05) is 73.6 Å². The molecule has 9 nitrogen and oxygen atoms in total. The van der Waals surface area contributed by atoms with Crippen LogP contribution >= 0.6 is 0 Å². The molecular weight excluding hydrogens is 412 g/mol. The molecule has 2 rings (SSSR count). The maximum atomic E-state index is 11.6. The lowest BCUT2D eigenvalue weighted by molar-refractivity contribution is -0.110. The number of nitrogens with zero attached hydrogens (tertiary/aromatic N) is 3. The maximum absolute atomic E-state index is 11.6. The highest BCUT2D eigenvalue weighted by atomic mass is 16.2. The molecule has 1 aliphatic rings. The number of benzene rings is 1. The number of aliphatic hydroxyl groups excluding tert-OH is 2. The largest absolute Gasteiger partial charge is 0.400 e. The predicted octanol–water partition coefficient (Wildman–Crippen LogP) is 0.107. The topological polar surface area (TPSA) is 113 Å². The molecule has 9 heteroatoms. The first-order valence-corrected chi connectivity index (χ1v) is 10.9. The molecule has 0 saturated carbocycles. The molecule has 0 atom stereocenters. The zero-order chi connectivity index (χ0) is 24.8. The van der Waals surface area contributed by atoms with E-state index in [9.17, 15) is 14.4 Å². The average molecular weight is 455 g/mol. The first-order chi connectivity index (χ1) is 15.7. The minimum absolute atomic E-state index is 0.0895. The molecule has 1 aliphatic heterocycles. The third-order valence-electron chi connectivity index (χ3n) is 4.71. The van der Waals surface area contributed by atoms with Gasteiger partial charge in [0.25, 0.3) is 5.91 Å². The highest BCUT2D eigenvalue weighted by molar-refractivity contribution is 5.93. The van der Waals surface area contributed by atoms with E-state index in [2.05, 4.69) is 20.0 Å². The molecule has 0 aliphatic carbocycles. The van der Waals surface area contributed by atoms with Crippen LogP contribution in [0.1, 0.15) is 29.8 Å². The number of carbonyl (C=O) groups is 3. The van der Waals surface area contributed by atoms with Gasteiger partial charge in [0.05, 0.1) is 13.1 Å².